The molecule has 2 aromatic carbocycles. The van der Waals surface area contributed by atoms with Crippen LogP contribution in [0.1, 0.15) is 5.69 Å². The van der Waals surface area contributed by atoms with E-state index in [1.165, 1.54) is 0 Å². The third-order valence-electron chi connectivity index (χ3n) is 4.19. The molecule has 2 N–H and O–H groups in total. The van der Waals surface area contributed by atoms with Crippen molar-refractivity contribution in [2.75, 3.05) is 12.8 Å². The molecule has 0 bridgehead atoms. The fourth-order valence-corrected chi connectivity index (χ4v) is 4.02. The number of ether oxygens (including phenoxy) is 1. The highest BCUT2D eigenvalue weighted by molar-refractivity contribution is 7.20. The third kappa shape index (κ3) is 2.72. The molecule has 4 aromatic rings. The minimum absolute atomic E-state index is 0.734. The zero-order chi connectivity index (χ0) is 17.4. The van der Waals surface area contributed by atoms with Gasteiger partial charge in [-0.05, 0) is 36.8 Å². The van der Waals surface area contributed by atoms with Gasteiger partial charge in [-0.2, -0.15) is 4.40 Å². The maximum absolute atomic E-state index is 6.42. The Labute approximate surface area is 150 Å². The normalized spacial score (nSPS) is 11.0. The standard InChI is InChI=1S/C20H18N3OS/c1-13-12-17(14-8-10-16(24-2)11-9-14)22-20-23(13)19(21)18(25-20)15-6-4-3-5-7-15/h3-12H,21H2,1-2H3/q+1. The zero-order valence-corrected chi connectivity index (χ0v) is 14.9. The van der Waals surface area contributed by atoms with E-state index >= 15 is 0 Å². The molecule has 25 heavy (non-hydrogen) atoms. The van der Waals surface area contributed by atoms with Crippen molar-refractivity contribution in [3.63, 3.8) is 0 Å². The van der Waals surface area contributed by atoms with Crippen molar-refractivity contribution in [2.24, 2.45) is 0 Å². The summed E-state index contributed by atoms with van der Waals surface area (Å²) in [7, 11) is 1.67. The number of nitrogens with zero attached hydrogens (tertiary/aromatic N) is 2. The Morgan fingerprint density at radius 1 is 1.00 bits per heavy atom. The molecule has 0 unspecified atom stereocenters. The summed E-state index contributed by atoms with van der Waals surface area (Å²) in [6.07, 6.45) is 0. The molecule has 0 radical (unpaired) electrons. The van der Waals surface area contributed by atoms with Crippen LogP contribution in [-0.2, 0) is 0 Å². The molecule has 124 valence electrons. The molecule has 2 aromatic heterocycles. The van der Waals surface area contributed by atoms with E-state index in [1.807, 2.05) is 46.9 Å². The summed E-state index contributed by atoms with van der Waals surface area (Å²) in [5.74, 6) is 1.57. The van der Waals surface area contributed by atoms with Gasteiger partial charge >= 0.3 is 4.96 Å². The summed E-state index contributed by atoms with van der Waals surface area (Å²) in [5.41, 5.74) is 10.6. The molecule has 0 aliphatic carbocycles. The number of hydrogen-bond donors (Lipinski definition) is 1. The van der Waals surface area contributed by atoms with Gasteiger partial charge in [-0.1, -0.05) is 46.7 Å². The lowest BCUT2D eigenvalue weighted by molar-refractivity contribution is -0.501. The predicted molar refractivity (Wildman–Crippen MR) is 102 cm³/mol. The van der Waals surface area contributed by atoms with E-state index in [1.54, 1.807) is 18.4 Å². The van der Waals surface area contributed by atoms with Crippen LogP contribution in [0, 0.1) is 6.92 Å². The Bertz CT molecular complexity index is 1040. The van der Waals surface area contributed by atoms with E-state index < -0.39 is 0 Å². The molecule has 0 saturated heterocycles. The molecule has 4 nitrogen and oxygen atoms in total. The minimum Gasteiger partial charge on any atom is -0.497 e. The summed E-state index contributed by atoms with van der Waals surface area (Å²) in [4.78, 5) is 6.76. The van der Waals surface area contributed by atoms with E-state index in [0.717, 1.165) is 43.9 Å². The van der Waals surface area contributed by atoms with Crippen LogP contribution in [0.5, 0.6) is 5.75 Å². The third-order valence-corrected chi connectivity index (χ3v) is 5.30. The smallest absolute Gasteiger partial charge is 0.327 e. The predicted octanol–water partition coefficient (Wildman–Crippen LogP) is 4.12. The Kier molecular flexibility index (Phi) is 3.86. The number of benzene rings is 2. The number of rotatable bonds is 3. The highest BCUT2D eigenvalue weighted by atomic mass is 32.1. The van der Waals surface area contributed by atoms with Gasteiger partial charge in [0.15, 0.2) is 0 Å². The zero-order valence-electron chi connectivity index (χ0n) is 14.1. The van der Waals surface area contributed by atoms with Crippen LogP contribution < -0.4 is 14.9 Å². The molecule has 2 heterocycles. The number of anilines is 1. The van der Waals surface area contributed by atoms with E-state index in [4.69, 9.17) is 15.5 Å². The summed E-state index contributed by atoms with van der Waals surface area (Å²) in [5, 5.41) is 0. The Morgan fingerprint density at radius 3 is 2.40 bits per heavy atom. The van der Waals surface area contributed by atoms with Crippen molar-refractivity contribution in [1.29, 1.82) is 0 Å². The molecule has 0 aliphatic heterocycles. The fraction of sp³-hybridized carbons (Fsp3) is 0.100. The number of thiazole rings is 1. The first-order chi connectivity index (χ1) is 12.2. The summed E-state index contributed by atoms with van der Waals surface area (Å²) in [6, 6.07) is 20.2. The number of hydrogen-bond acceptors (Lipinski definition) is 4. The fourth-order valence-electron chi connectivity index (χ4n) is 2.91. The Hall–Kier alpha value is -2.92. The van der Waals surface area contributed by atoms with Crippen LogP contribution in [0.15, 0.2) is 60.7 Å². The second kappa shape index (κ2) is 6.18. The van der Waals surface area contributed by atoms with Gasteiger partial charge in [0.25, 0.3) is 0 Å². The number of methoxy groups -OCH3 is 1. The molecule has 0 fully saturated rings. The molecular formula is C20H18N3OS+. The Balaban J connectivity index is 1.87. The van der Waals surface area contributed by atoms with Crippen LogP contribution >= 0.6 is 11.3 Å². The van der Waals surface area contributed by atoms with Gasteiger partial charge in [-0.25, -0.2) is 0 Å². The highest BCUT2D eigenvalue weighted by Crippen LogP contribution is 2.32. The van der Waals surface area contributed by atoms with Crippen molar-refractivity contribution in [3.8, 4) is 27.4 Å². The lowest BCUT2D eigenvalue weighted by Crippen LogP contribution is -2.28. The average Bonchev–Trinajstić information content (AvgIpc) is 2.99. The number of nitrogen functional groups attached to an aromatic ring is 1. The average molecular weight is 348 g/mol. The van der Waals surface area contributed by atoms with Crippen molar-refractivity contribution in [3.05, 3.63) is 66.4 Å². The largest absolute Gasteiger partial charge is 0.497 e. The van der Waals surface area contributed by atoms with Crippen LogP contribution in [0.25, 0.3) is 26.7 Å². The molecule has 0 spiro atoms. The van der Waals surface area contributed by atoms with Gasteiger partial charge in [-0.15, -0.1) is 0 Å². The quantitative estimate of drug-likeness (QED) is 0.567. The molecule has 4 rings (SSSR count). The van der Waals surface area contributed by atoms with Crippen LogP contribution in [0.2, 0.25) is 0 Å². The summed E-state index contributed by atoms with van der Waals surface area (Å²) >= 11 is 1.61. The van der Waals surface area contributed by atoms with Crippen molar-refractivity contribution in [2.45, 2.75) is 6.92 Å². The summed E-state index contributed by atoms with van der Waals surface area (Å²) in [6.45, 7) is 2.06. The first-order valence-electron chi connectivity index (χ1n) is 7.99. The molecule has 5 heteroatoms. The second-order valence-electron chi connectivity index (χ2n) is 5.81. The van der Waals surface area contributed by atoms with Crippen molar-refractivity contribution < 1.29 is 9.14 Å². The van der Waals surface area contributed by atoms with Crippen LogP contribution in [-0.4, -0.2) is 12.1 Å². The van der Waals surface area contributed by atoms with E-state index in [0.29, 0.717) is 0 Å². The molecule has 0 atom stereocenters. The van der Waals surface area contributed by atoms with Gasteiger partial charge in [0, 0.05) is 11.6 Å². The van der Waals surface area contributed by atoms with Gasteiger partial charge in [0.2, 0.25) is 5.82 Å². The van der Waals surface area contributed by atoms with Gasteiger partial charge in [-0.3, -0.25) is 0 Å². The van der Waals surface area contributed by atoms with Crippen molar-refractivity contribution >= 4 is 22.1 Å². The maximum atomic E-state index is 6.42. The second-order valence-corrected chi connectivity index (χ2v) is 6.79. The van der Waals surface area contributed by atoms with Gasteiger partial charge < -0.3 is 10.5 Å². The lowest BCUT2D eigenvalue weighted by Gasteiger charge is -2.02. The highest BCUT2D eigenvalue weighted by Gasteiger charge is 2.21. The number of aryl methyl sites for hydroxylation is 1. The lowest BCUT2D eigenvalue weighted by atomic mass is 10.1. The monoisotopic (exact) mass is 348 g/mol. The SMILES string of the molecule is COc1ccc(-c2cc(C)[n+]3c(N)c(-c4ccccc4)sc3n2)cc1. The topological polar surface area (TPSA) is 52.2 Å². The molecule has 0 saturated carbocycles. The maximum Gasteiger partial charge on any atom is 0.327 e. The van der Waals surface area contributed by atoms with Gasteiger partial charge in [0.05, 0.1) is 12.8 Å². The molecular weight excluding hydrogens is 330 g/mol. The first-order valence-corrected chi connectivity index (χ1v) is 8.80. The number of fused-ring (bicyclic) bond motifs is 1. The van der Waals surface area contributed by atoms with E-state index in [-0.39, 0.29) is 0 Å². The van der Waals surface area contributed by atoms with E-state index in [9.17, 15) is 0 Å². The van der Waals surface area contributed by atoms with Gasteiger partial charge in [0.1, 0.15) is 16.3 Å². The van der Waals surface area contributed by atoms with Crippen LogP contribution in [0.4, 0.5) is 5.82 Å². The number of aromatic nitrogens is 2. The first kappa shape index (κ1) is 15.6. The van der Waals surface area contributed by atoms with Crippen molar-refractivity contribution in [1.82, 2.24) is 4.98 Å². The van der Waals surface area contributed by atoms with Crippen LogP contribution in [0.3, 0.4) is 0 Å². The minimum atomic E-state index is 0.734. The Morgan fingerprint density at radius 2 is 1.72 bits per heavy atom. The van der Waals surface area contributed by atoms with E-state index in [2.05, 4.69) is 25.1 Å². The number of nitrogens with two attached hydrogens (primary N) is 1. The molecule has 0 aliphatic rings. The molecule has 0 amide bonds. The summed E-state index contributed by atoms with van der Waals surface area (Å²) < 4.78 is 7.24.